The van der Waals surface area contributed by atoms with E-state index in [2.05, 4.69) is 87.8 Å². The SMILES string of the molecule is [C-]#[N+]c1ccc2c(c1)c1cc(-n3c4ccccc4c4ccccc43)ccc1n2C. The second-order valence-electron chi connectivity index (χ2n) is 7.44. The van der Waals surface area contributed by atoms with E-state index in [1.165, 1.54) is 32.7 Å². The highest BCUT2D eigenvalue weighted by atomic mass is 15.0. The number of nitrogens with zero attached hydrogens (tertiary/aromatic N) is 3. The second-order valence-corrected chi connectivity index (χ2v) is 7.44. The Morgan fingerprint density at radius 2 is 1.21 bits per heavy atom. The van der Waals surface area contributed by atoms with E-state index in [1.54, 1.807) is 0 Å². The third-order valence-electron chi connectivity index (χ3n) is 5.94. The van der Waals surface area contributed by atoms with E-state index in [1.807, 2.05) is 18.2 Å². The van der Waals surface area contributed by atoms with Gasteiger partial charge in [-0.2, -0.15) is 0 Å². The first-order chi connectivity index (χ1) is 14.3. The summed E-state index contributed by atoms with van der Waals surface area (Å²) >= 11 is 0. The molecule has 0 saturated heterocycles. The third kappa shape index (κ3) is 2.11. The molecule has 6 aromatic rings. The van der Waals surface area contributed by atoms with Gasteiger partial charge in [0.15, 0.2) is 5.69 Å². The van der Waals surface area contributed by atoms with Gasteiger partial charge in [0.1, 0.15) is 0 Å². The predicted molar refractivity (Wildman–Crippen MR) is 121 cm³/mol. The highest BCUT2D eigenvalue weighted by Gasteiger charge is 2.14. The van der Waals surface area contributed by atoms with Crippen molar-refractivity contribution in [3.63, 3.8) is 0 Å². The van der Waals surface area contributed by atoms with Crippen molar-refractivity contribution in [2.75, 3.05) is 0 Å². The van der Waals surface area contributed by atoms with E-state index in [-0.39, 0.29) is 0 Å². The molecule has 0 aliphatic rings. The lowest BCUT2D eigenvalue weighted by atomic mass is 10.1. The summed E-state index contributed by atoms with van der Waals surface area (Å²) in [6, 6.07) is 29.7. The van der Waals surface area contributed by atoms with Gasteiger partial charge in [0, 0.05) is 39.9 Å². The number of benzene rings is 4. The molecule has 0 unspecified atom stereocenters. The van der Waals surface area contributed by atoms with E-state index in [0.717, 1.165) is 16.6 Å². The van der Waals surface area contributed by atoms with E-state index >= 15 is 0 Å². The Morgan fingerprint density at radius 1 is 0.621 bits per heavy atom. The number of hydrogen-bond donors (Lipinski definition) is 0. The molecular formula is C26H17N3. The maximum atomic E-state index is 7.38. The van der Waals surface area contributed by atoms with E-state index in [4.69, 9.17) is 6.57 Å². The van der Waals surface area contributed by atoms with Crippen LogP contribution in [0.15, 0.2) is 84.9 Å². The van der Waals surface area contributed by atoms with Crippen molar-refractivity contribution >= 4 is 49.3 Å². The zero-order valence-corrected chi connectivity index (χ0v) is 15.9. The first-order valence-electron chi connectivity index (χ1n) is 9.64. The molecule has 0 radical (unpaired) electrons. The van der Waals surface area contributed by atoms with Crippen LogP contribution in [0.25, 0.3) is 54.1 Å². The summed E-state index contributed by atoms with van der Waals surface area (Å²) in [5.41, 5.74) is 6.53. The molecule has 29 heavy (non-hydrogen) atoms. The topological polar surface area (TPSA) is 14.2 Å². The van der Waals surface area contributed by atoms with E-state index in [9.17, 15) is 0 Å². The van der Waals surface area contributed by atoms with Gasteiger partial charge in [-0.1, -0.05) is 42.5 Å². The molecule has 0 saturated carbocycles. The lowest BCUT2D eigenvalue weighted by Crippen LogP contribution is -1.94. The number of aryl methyl sites for hydroxylation is 1. The van der Waals surface area contributed by atoms with Crippen LogP contribution in [-0.2, 0) is 7.05 Å². The van der Waals surface area contributed by atoms with Crippen molar-refractivity contribution in [1.29, 1.82) is 0 Å². The van der Waals surface area contributed by atoms with Gasteiger partial charge in [-0.25, -0.2) is 4.85 Å². The van der Waals surface area contributed by atoms with Crippen molar-refractivity contribution in [1.82, 2.24) is 9.13 Å². The summed E-state index contributed by atoms with van der Waals surface area (Å²) in [5.74, 6) is 0. The Morgan fingerprint density at radius 3 is 1.86 bits per heavy atom. The number of hydrogen-bond acceptors (Lipinski definition) is 0. The molecule has 0 fully saturated rings. The molecule has 0 aliphatic heterocycles. The molecule has 3 heteroatoms. The molecule has 0 aliphatic carbocycles. The molecular weight excluding hydrogens is 354 g/mol. The van der Waals surface area contributed by atoms with Crippen LogP contribution in [0.1, 0.15) is 0 Å². The number of rotatable bonds is 1. The summed E-state index contributed by atoms with van der Waals surface area (Å²) in [7, 11) is 2.09. The fraction of sp³-hybridized carbons (Fsp3) is 0.0385. The van der Waals surface area contributed by atoms with Crippen LogP contribution >= 0.6 is 0 Å². The molecule has 0 amide bonds. The molecule has 0 spiro atoms. The van der Waals surface area contributed by atoms with Crippen molar-refractivity contribution in [2.24, 2.45) is 7.05 Å². The highest BCUT2D eigenvalue weighted by Crippen LogP contribution is 2.36. The molecule has 3 nitrogen and oxygen atoms in total. The van der Waals surface area contributed by atoms with Crippen molar-refractivity contribution in [3.05, 3.63) is 96.3 Å². The average Bonchev–Trinajstić information content (AvgIpc) is 3.26. The Bertz CT molecular complexity index is 1570. The monoisotopic (exact) mass is 371 g/mol. The van der Waals surface area contributed by atoms with Crippen molar-refractivity contribution < 1.29 is 0 Å². The molecule has 0 atom stereocenters. The summed E-state index contributed by atoms with van der Waals surface area (Å²) in [6.07, 6.45) is 0. The van der Waals surface area contributed by atoms with Gasteiger partial charge in [0.2, 0.25) is 0 Å². The molecule has 6 rings (SSSR count). The maximum Gasteiger partial charge on any atom is 0.188 e. The molecule has 0 bridgehead atoms. The minimum atomic E-state index is 0.673. The lowest BCUT2D eigenvalue weighted by Gasteiger charge is -2.08. The Labute approximate surface area is 167 Å². The van der Waals surface area contributed by atoms with Gasteiger partial charge in [-0.05, 0) is 47.9 Å². The quantitative estimate of drug-likeness (QED) is 0.277. The summed E-state index contributed by atoms with van der Waals surface area (Å²) in [4.78, 5) is 3.63. The second kappa shape index (κ2) is 5.73. The Kier molecular flexibility index (Phi) is 3.16. The Balaban J connectivity index is 1.75. The normalized spacial score (nSPS) is 11.6. The van der Waals surface area contributed by atoms with Crippen molar-refractivity contribution in [2.45, 2.75) is 0 Å². The lowest BCUT2D eigenvalue weighted by molar-refractivity contribution is 1.01. The summed E-state index contributed by atoms with van der Waals surface area (Å²) < 4.78 is 4.54. The largest absolute Gasteiger partial charge is 0.344 e. The highest BCUT2D eigenvalue weighted by molar-refractivity contribution is 6.12. The maximum absolute atomic E-state index is 7.38. The van der Waals surface area contributed by atoms with E-state index < -0.39 is 0 Å². The minimum Gasteiger partial charge on any atom is -0.344 e. The summed E-state index contributed by atoms with van der Waals surface area (Å²) in [5, 5.41) is 4.82. The Hall–Kier alpha value is -4.03. The summed E-state index contributed by atoms with van der Waals surface area (Å²) in [6.45, 7) is 7.38. The fourth-order valence-electron chi connectivity index (χ4n) is 4.60. The van der Waals surface area contributed by atoms with Crippen LogP contribution in [-0.4, -0.2) is 9.13 Å². The van der Waals surface area contributed by atoms with Crippen molar-refractivity contribution in [3.8, 4) is 5.69 Å². The van der Waals surface area contributed by atoms with Crippen LogP contribution in [0, 0.1) is 6.57 Å². The predicted octanol–water partition coefficient (Wildman–Crippen LogP) is 6.98. The van der Waals surface area contributed by atoms with Crippen LogP contribution in [0.2, 0.25) is 0 Å². The van der Waals surface area contributed by atoms with Gasteiger partial charge < -0.3 is 9.13 Å². The van der Waals surface area contributed by atoms with Crippen LogP contribution < -0.4 is 0 Å². The third-order valence-corrected chi connectivity index (χ3v) is 5.94. The average molecular weight is 371 g/mol. The van der Waals surface area contributed by atoms with Gasteiger partial charge in [-0.15, -0.1) is 0 Å². The van der Waals surface area contributed by atoms with Crippen LogP contribution in [0.3, 0.4) is 0 Å². The fourth-order valence-corrected chi connectivity index (χ4v) is 4.60. The molecule has 4 aromatic carbocycles. The zero-order chi connectivity index (χ0) is 19.5. The first kappa shape index (κ1) is 16.0. The molecule has 136 valence electrons. The number of para-hydroxylation sites is 2. The van der Waals surface area contributed by atoms with Gasteiger partial charge in [-0.3, -0.25) is 0 Å². The zero-order valence-electron chi connectivity index (χ0n) is 15.9. The van der Waals surface area contributed by atoms with Gasteiger partial charge in [0.25, 0.3) is 0 Å². The smallest absolute Gasteiger partial charge is 0.188 e. The molecule has 0 N–H and O–H groups in total. The van der Waals surface area contributed by atoms with Crippen LogP contribution in [0.4, 0.5) is 5.69 Å². The van der Waals surface area contributed by atoms with E-state index in [0.29, 0.717) is 5.69 Å². The number of aromatic nitrogens is 2. The van der Waals surface area contributed by atoms with Crippen LogP contribution in [0.5, 0.6) is 0 Å². The molecule has 2 aromatic heterocycles. The first-order valence-corrected chi connectivity index (χ1v) is 9.64. The molecule has 2 heterocycles. The van der Waals surface area contributed by atoms with Gasteiger partial charge in [0.05, 0.1) is 17.6 Å². The standard InChI is InChI=1S/C26H17N3/c1-27-17-11-13-23-21(15-17)22-16-18(12-14-24(22)28(23)2)29-25-9-5-3-7-19(25)20-8-4-6-10-26(20)29/h3-16H,2H3. The number of fused-ring (bicyclic) bond motifs is 6. The van der Waals surface area contributed by atoms with Gasteiger partial charge >= 0.3 is 0 Å². The minimum absolute atomic E-state index is 0.673.